The van der Waals surface area contributed by atoms with Gasteiger partial charge in [-0.1, -0.05) is 5.21 Å². The van der Waals surface area contributed by atoms with Gasteiger partial charge < -0.3 is 24.7 Å². The summed E-state index contributed by atoms with van der Waals surface area (Å²) in [5.41, 5.74) is -0.0111. The van der Waals surface area contributed by atoms with Gasteiger partial charge in [-0.05, 0) is 12.1 Å². The Balaban J connectivity index is 1.29. The second-order valence-corrected chi connectivity index (χ2v) is 7.32. The third-order valence-electron chi connectivity index (χ3n) is 5.32. The number of nitrogens with one attached hydrogen (secondary N) is 2. The Kier molecular flexibility index (Phi) is 4.97. The maximum Gasteiger partial charge on any atom is 0.352 e. The number of ether oxygens (including phenoxy) is 1. The molecule has 0 aliphatic carbocycles. The number of furan rings is 2. The standard InChI is InChI=1S/C19H18N8O6/c1-25-19(31)27-8-21-14(15(27)23-24-25)16(28)22-9-32-18(30)13-11-3-2-10(33-11)12(13)17(29)26-6-4-20-5-7-26/h2-3,8,20H,4-7,9H2,1H3,(H,22,28). The van der Waals surface area contributed by atoms with Crippen LogP contribution < -0.4 is 16.3 Å². The Labute approximate surface area is 184 Å². The first-order valence-electron chi connectivity index (χ1n) is 10.0. The minimum absolute atomic E-state index is 0.0205. The number of hydrogen-bond acceptors (Lipinski definition) is 10. The summed E-state index contributed by atoms with van der Waals surface area (Å²) < 4.78 is 12.8. The number of hydrogen-bond donors (Lipinski definition) is 2. The van der Waals surface area contributed by atoms with Gasteiger partial charge in [0.2, 0.25) is 0 Å². The molecule has 1 saturated heterocycles. The van der Waals surface area contributed by atoms with Crippen molar-refractivity contribution in [3.8, 4) is 0 Å². The summed E-state index contributed by atoms with van der Waals surface area (Å²) in [5.74, 6) is -1.84. The van der Waals surface area contributed by atoms with E-state index in [1.165, 1.54) is 7.05 Å². The SMILES string of the molecule is Cn1nnc2c(C(=O)NCOC(=O)c3c(C(=O)N4CCNCC4)c4ccc3o4)ncn2c1=O. The lowest BCUT2D eigenvalue weighted by atomic mass is 10.1. The summed E-state index contributed by atoms with van der Waals surface area (Å²) in [4.78, 5) is 55.7. The highest BCUT2D eigenvalue weighted by Gasteiger charge is 2.32. The average molecular weight is 454 g/mol. The second kappa shape index (κ2) is 7.98. The average Bonchev–Trinajstić information content (AvgIpc) is 3.56. The van der Waals surface area contributed by atoms with Gasteiger partial charge in [0.05, 0.1) is 0 Å². The molecule has 2 N–H and O–H groups in total. The van der Waals surface area contributed by atoms with Crippen molar-refractivity contribution < 1.29 is 23.5 Å². The van der Waals surface area contributed by atoms with Gasteiger partial charge in [-0.15, -0.1) is 5.10 Å². The highest BCUT2D eigenvalue weighted by molar-refractivity contribution is 6.14. The van der Waals surface area contributed by atoms with Gasteiger partial charge in [0, 0.05) is 33.2 Å². The lowest BCUT2D eigenvalue weighted by molar-refractivity contribution is 0.0459. The van der Waals surface area contributed by atoms with Crippen molar-refractivity contribution in [1.29, 1.82) is 0 Å². The Morgan fingerprint density at radius 2 is 1.91 bits per heavy atom. The smallest absolute Gasteiger partial charge is 0.352 e. The molecule has 0 spiro atoms. The number of nitrogens with zero attached hydrogens (tertiary/aromatic N) is 6. The highest BCUT2D eigenvalue weighted by Crippen LogP contribution is 2.30. The maximum absolute atomic E-state index is 13.0. The van der Waals surface area contributed by atoms with Crippen LogP contribution in [0.2, 0.25) is 0 Å². The molecule has 0 aromatic carbocycles. The molecule has 5 heterocycles. The quantitative estimate of drug-likeness (QED) is 0.270. The van der Waals surface area contributed by atoms with Gasteiger partial charge in [0.1, 0.15) is 28.6 Å². The largest absolute Gasteiger partial charge is 0.456 e. The molecule has 5 rings (SSSR count). The summed E-state index contributed by atoms with van der Waals surface area (Å²) in [6.07, 6.45) is 1.15. The number of carbonyl (C=O) groups is 3. The van der Waals surface area contributed by atoms with E-state index in [-0.39, 0.29) is 34.0 Å². The summed E-state index contributed by atoms with van der Waals surface area (Å²) in [7, 11) is 1.41. The van der Waals surface area contributed by atoms with Crippen molar-refractivity contribution in [3.63, 3.8) is 0 Å². The van der Waals surface area contributed by atoms with Gasteiger partial charge in [0.25, 0.3) is 11.8 Å². The van der Waals surface area contributed by atoms with E-state index in [0.717, 1.165) is 15.4 Å². The van der Waals surface area contributed by atoms with Crippen LogP contribution in [0.1, 0.15) is 31.2 Å². The molecule has 0 unspecified atom stereocenters. The molecule has 4 aromatic rings. The summed E-state index contributed by atoms with van der Waals surface area (Å²) in [5, 5.41) is 13.0. The number of benzene rings is 1. The van der Waals surface area contributed by atoms with Crippen LogP contribution in [0.25, 0.3) is 16.8 Å². The maximum atomic E-state index is 13.0. The van der Waals surface area contributed by atoms with E-state index >= 15 is 0 Å². The Morgan fingerprint density at radius 3 is 2.67 bits per heavy atom. The fraction of sp³-hybridized carbons (Fsp3) is 0.316. The number of fused-ring (bicyclic) bond motifs is 3. The van der Waals surface area contributed by atoms with Crippen LogP contribution in [0.3, 0.4) is 0 Å². The normalized spacial score (nSPS) is 14.2. The van der Waals surface area contributed by atoms with E-state index in [1.54, 1.807) is 17.0 Å². The molecule has 170 valence electrons. The first-order chi connectivity index (χ1) is 16.0. The van der Waals surface area contributed by atoms with Gasteiger partial charge in [0.15, 0.2) is 18.1 Å². The van der Waals surface area contributed by atoms with Gasteiger partial charge in [-0.25, -0.2) is 19.0 Å². The van der Waals surface area contributed by atoms with Crippen LogP contribution in [0.5, 0.6) is 0 Å². The Hall–Kier alpha value is -4.33. The molecule has 1 fully saturated rings. The summed E-state index contributed by atoms with van der Waals surface area (Å²) >= 11 is 0. The number of amides is 2. The van der Waals surface area contributed by atoms with Crippen LogP contribution in [0.4, 0.5) is 0 Å². The predicted octanol–water partition coefficient (Wildman–Crippen LogP) is -1.40. The zero-order valence-electron chi connectivity index (χ0n) is 17.4. The van der Waals surface area contributed by atoms with Gasteiger partial charge in [-0.3, -0.25) is 9.59 Å². The predicted molar refractivity (Wildman–Crippen MR) is 110 cm³/mol. The van der Waals surface area contributed by atoms with E-state index in [2.05, 4.69) is 25.9 Å². The fourth-order valence-corrected chi connectivity index (χ4v) is 3.66. The third-order valence-corrected chi connectivity index (χ3v) is 5.32. The Bertz CT molecular complexity index is 1430. The summed E-state index contributed by atoms with van der Waals surface area (Å²) in [6, 6.07) is 3.20. The van der Waals surface area contributed by atoms with E-state index in [4.69, 9.17) is 9.15 Å². The van der Waals surface area contributed by atoms with Crippen molar-refractivity contribution in [2.45, 2.75) is 0 Å². The van der Waals surface area contributed by atoms with E-state index in [0.29, 0.717) is 31.8 Å². The topological polar surface area (TPSA) is 166 Å². The molecule has 4 aromatic heterocycles. The Morgan fingerprint density at radius 1 is 1.18 bits per heavy atom. The van der Waals surface area contributed by atoms with Crippen LogP contribution in [0.15, 0.2) is 27.7 Å². The molecule has 14 heteroatoms. The number of aryl methyl sites for hydroxylation is 1. The van der Waals surface area contributed by atoms with Crippen LogP contribution in [0, 0.1) is 0 Å². The molecular formula is C19H18N8O6. The zero-order valence-corrected chi connectivity index (χ0v) is 17.4. The van der Waals surface area contributed by atoms with Gasteiger partial charge in [-0.2, -0.15) is 4.68 Å². The number of imidazole rings is 1. The number of esters is 1. The number of rotatable bonds is 5. The van der Waals surface area contributed by atoms with E-state index < -0.39 is 24.3 Å². The number of aromatic nitrogens is 5. The minimum atomic E-state index is -0.813. The summed E-state index contributed by atoms with van der Waals surface area (Å²) in [6.45, 7) is 1.84. The monoisotopic (exact) mass is 454 g/mol. The molecule has 0 atom stereocenters. The first-order valence-corrected chi connectivity index (χ1v) is 10.0. The fourth-order valence-electron chi connectivity index (χ4n) is 3.66. The van der Waals surface area contributed by atoms with E-state index in [9.17, 15) is 19.2 Å². The van der Waals surface area contributed by atoms with Crippen molar-refractivity contribution in [3.05, 3.63) is 45.8 Å². The van der Waals surface area contributed by atoms with Crippen LogP contribution >= 0.6 is 0 Å². The first kappa shape index (κ1) is 20.6. The zero-order chi connectivity index (χ0) is 23.1. The second-order valence-electron chi connectivity index (χ2n) is 7.32. The van der Waals surface area contributed by atoms with Crippen molar-refractivity contribution in [2.24, 2.45) is 7.05 Å². The van der Waals surface area contributed by atoms with Gasteiger partial charge >= 0.3 is 11.7 Å². The number of carbonyl (C=O) groups excluding carboxylic acids is 3. The van der Waals surface area contributed by atoms with Crippen molar-refractivity contribution in [1.82, 2.24) is 39.9 Å². The van der Waals surface area contributed by atoms with Crippen molar-refractivity contribution in [2.75, 3.05) is 32.9 Å². The molecule has 1 aliphatic heterocycles. The minimum Gasteiger partial charge on any atom is -0.456 e. The molecule has 14 nitrogen and oxygen atoms in total. The number of piperazine rings is 1. The van der Waals surface area contributed by atoms with E-state index in [1.807, 2.05) is 0 Å². The third kappa shape index (κ3) is 3.45. The molecule has 0 radical (unpaired) electrons. The molecule has 0 saturated carbocycles. The van der Waals surface area contributed by atoms with Crippen LogP contribution in [-0.2, 0) is 11.8 Å². The van der Waals surface area contributed by atoms with Crippen LogP contribution in [-0.4, -0.2) is 80.0 Å². The lowest BCUT2D eigenvalue weighted by Crippen LogP contribution is -2.46. The molecular weight excluding hydrogens is 436 g/mol. The molecule has 2 amide bonds. The molecule has 2 bridgehead atoms. The van der Waals surface area contributed by atoms with Crippen molar-refractivity contribution >= 4 is 34.6 Å². The lowest BCUT2D eigenvalue weighted by Gasteiger charge is -2.27. The molecule has 33 heavy (non-hydrogen) atoms. The highest BCUT2D eigenvalue weighted by atomic mass is 16.5. The molecule has 1 aliphatic rings.